The number of hydrogen-bond donors (Lipinski definition) is 1. The van der Waals surface area contributed by atoms with E-state index >= 15 is 0 Å². The number of hydrogen-bond acceptors (Lipinski definition) is 6. The van der Waals surface area contributed by atoms with E-state index in [9.17, 15) is 14.7 Å². The van der Waals surface area contributed by atoms with Gasteiger partial charge in [0.2, 0.25) is 0 Å². The fourth-order valence-electron chi connectivity index (χ4n) is 4.91. The van der Waals surface area contributed by atoms with E-state index in [2.05, 4.69) is 0 Å². The van der Waals surface area contributed by atoms with Crippen molar-refractivity contribution in [3.05, 3.63) is 59.2 Å². The van der Waals surface area contributed by atoms with Crippen LogP contribution in [0.3, 0.4) is 0 Å². The van der Waals surface area contributed by atoms with E-state index in [1.165, 1.54) is 14.2 Å². The Balaban J connectivity index is 1.87. The maximum Gasteiger partial charge on any atom is 0.295 e. The van der Waals surface area contributed by atoms with Crippen LogP contribution in [0.5, 0.6) is 17.2 Å². The Bertz CT molecular complexity index is 1120. The zero-order valence-corrected chi connectivity index (χ0v) is 20.0. The second kappa shape index (κ2) is 9.79. The summed E-state index contributed by atoms with van der Waals surface area (Å²) < 4.78 is 16.5. The van der Waals surface area contributed by atoms with Gasteiger partial charge in [0.25, 0.3) is 11.7 Å². The number of aliphatic hydroxyl groups excluding tert-OH is 1. The lowest BCUT2D eigenvalue weighted by Gasteiger charge is -2.31. The summed E-state index contributed by atoms with van der Waals surface area (Å²) in [5, 5.41) is 11.4. The van der Waals surface area contributed by atoms with Crippen molar-refractivity contribution in [1.82, 2.24) is 4.90 Å². The topological polar surface area (TPSA) is 85.3 Å². The molecular weight excluding hydrogens is 434 g/mol. The number of amides is 1. The summed E-state index contributed by atoms with van der Waals surface area (Å²) in [5.41, 5.74) is 1.18. The Morgan fingerprint density at radius 2 is 1.71 bits per heavy atom. The molecule has 1 N–H and O–H groups in total. The minimum absolute atomic E-state index is 0.0248. The van der Waals surface area contributed by atoms with Crippen molar-refractivity contribution in [1.29, 1.82) is 0 Å². The molecule has 1 unspecified atom stereocenters. The molecule has 0 bridgehead atoms. The zero-order valence-electron chi connectivity index (χ0n) is 20.0. The maximum atomic E-state index is 13.3. The van der Waals surface area contributed by atoms with E-state index in [-0.39, 0.29) is 23.5 Å². The van der Waals surface area contributed by atoms with Crippen molar-refractivity contribution in [3.63, 3.8) is 0 Å². The smallest absolute Gasteiger partial charge is 0.295 e. The van der Waals surface area contributed by atoms with Gasteiger partial charge in [0.1, 0.15) is 11.5 Å². The van der Waals surface area contributed by atoms with Gasteiger partial charge < -0.3 is 24.2 Å². The lowest BCUT2D eigenvalue weighted by molar-refractivity contribution is -0.141. The lowest BCUT2D eigenvalue weighted by atomic mass is 9.94. The molecule has 34 heavy (non-hydrogen) atoms. The summed E-state index contributed by atoms with van der Waals surface area (Å²) in [5.74, 6) is 0.0741. The first kappa shape index (κ1) is 23.7. The van der Waals surface area contributed by atoms with E-state index in [1.807, 2.05) is 38.1 Å². The number of likely N-dealkylation sites (tertiary alicyclic amines) is 1. The van der Waals surface area contributed by atoms with Gasteiger partial charge in [-0.3, -0.25) is 9.59 Å². The third-order valence-electron chi connectivity index (χ3n) is 6.40. The predicted molar refractivity (Wildman–Crippen MR) is 128 cm³/mol. The first-order valence-corrected chi connectivity index (χ1v) is 11.6. The molecule has 7 nitrogen and oxygen atoms in total. The highest BCUT2D eigenvalue weighted by atomic mass is 16.5. The Labute approximate surface area is 199 Å². The molecule has 2 aliphatic rings. The molecule has 1 aliphatic heterocycles. The van der Waals surface area contributed by atoms with Crippen LogP contribution in [0.4, 0.5) is 0 Å². The number of nitrogens with zero attached hydrogens (tertiary/aromatic N) is 1. The van der Waals surface area contributed by atoms with Gasteiger partial charge in [-0.05, 0) is 62.6 Å². The Morgan fingerprint density at radius 3 is 2.35 bits per heavy atom. The SMILES string of the molecule is COc1ccc(/C(O)=C2\C(=O)C(=O)N(C3CCCC3)C2c2cccc(OC(C)C)c2)cc1OC. The molecule has 2 aromatic rings. The van der Waals surface area contributed by atoms with Crippen molar-refractivity contribution in [2.45, 2.75) is 57.7 Å². The van der Waals surface area contributed by atoms with Gasteiger partial charge in [-0.1, -0.05) is 25.0 Å². The summed E-state index contributed by atoms with van der Waals surface area (Å²) in [6.45, 7) is 3.88. The predicted octanol–water partition coefficient (Wildman–Crippen LogP) is 4.86. The molecule has 2 aromatic carbocycles. The number of ether oxygens (including phenoxy) is 3. The quantitative estimate of drug-likeness (QED) is 0.357. The molecule has 1 atom stereocenters. The first-order valence-electron chi connectivity index (χ1n) is 11.6. The lowest BCUT2D eigenvalue weighted by Crippen LogP contribution is -2.37. The van der Waals surface area contributed by atoms with E-state index in [4.69, 9.17) is 14.2 Å². The average molecular weight is 466 g/mol. The van der Waals surface area contributed by atoms with Gasteiger partial charge in [-0.25, -0.2) is 0 Å². The van der Waals surface area contributed by atoms with Crippen molar-refractivity contribution < 1.29 is 28.9 Å². The monoisotopic (exact) mass is 465 g/mol. The van der Waals surface area contributed by atoms with Gasteiger partial charge in [0, 0.05) is 11.6 Å². The average Bonchev–Trinajstić information content (AvgIpc) is 3.44. The molecule has 1 saturated heterocycles. The molecule has 0 radical (unpaired) electrons. The zero-order chi connectivity index (χ0) is 24.4. The molecule has 4 rings (SSSR count). The highest BCUT2D eigenvalue weighted by Crippen LogP contribution is 2.44. The third-order valence-corrected chi connectivity index (χ3v) is 6.40. The van der Waals surface area contributed by atoms with Crippen LogP contribution in [-0.4, -0.2) is 48.1 Å². The van der Waals surface area contributed by atoms with Gasteiger partial charge >= 0.3 is 0 Å². The molecule has 1 aliphatic carbocycles. The number of ketones is 1. The molecule has 7 heteroatoms. The Morgan fingerprint density at radius 1 is 1.00 bits per heavy atom. The highest BCUT2D eigenvalue weighted by Gasteiger charge is 2.49. The molecular formula is C27H31NO6. The van der Waals surface area contributed by atoms with Crippen LogP contribution in [0.2, 0.25) is 0 Å². The van der Waals surface area contributed by atoms with Crippen LogP contribution in [0.1, 0.15) is 56.7 Å². The van der Waals surface area contributed by atoms with Gasteiger partial charge in [-0.2, -0.15) is 0 Å². The second-order valence-corrected chi connectivity index (χ2v) is 8.95. The summed E-state index contributed by atoms with van der Waals surface area (Å²) in [7, 11) is 3.03. The van der Waals surface area contributed by atoms with Crippen LogP contribution < -0.4 is 14.2 Å². The molecule has 1 amide bonds. The Hall–Kier alpha value is -3.48. The number of carbonyl (C=O) groups excluding carboxylic acids is 2. The standard InChI is InChI=1S/C27H31NO6/c1-16(2)34-20-11-7-8-17(14-20)24-23(26(30)27(31)28(24)19-9-5-6-10-19)25(29)18-12-13-21(32-3)22(15-18)33-4/h7-8,11-16,19,24,29H,5-6,9-10H2,1-4H3/b25-23+. The third kappa shape index (κ3) is 4.34. The summed E-state index contributed by atoms with van der Waals surface area (Å²) in [6, 6.07) is 11.6. The summed E-state index contributed by atoms with van der Waals surface area (Å²) in [6.07, 6.45) is 3.66. The van der Waals surface area contributed by atoms with E-state index in [0.29, 0.717) is 22.8 Å². The number of rotatable bonds is 7. The van der Waals surface area contributed by atoms with E-state index < -0.39 is 17.7 Å². The summed E-state index contributed by atoms with van der Waals surface area (Å²) in [4.78, 5) is 28.2. The second-order valence-electron chi connectivity index (χ2n) is 8.95. The molecule has 180 valence electrons. The Kier molecular flexibility index (Phi) is 6.82. The van der Waals surface area contributed by atoms with Gasteiger partial charge in [-0.15, -0.1) is 0 Å². The van der Waals surface area contributed by atoms with Crippen LogP contribution in [-0.2, 0) is 9.59 Å². The number of methoxy groups -OCH3 is 2. The van der Waals surface area contributed by atoms with Crippen molar-refractivity contribution >= 4 is 17.4 Å². The van der Waals surface area contributed by atoms with Crippen LogP contribution in [0.25, 0.3) is 5.76 Å². The molecule has 1 heterocycles. The van der Waals surface area contributed by atoms with E-state index in [1.54, 1.807) is 23.1 Å². The van der Waals surface area contributed by atoms with Crippen LogP contribution >= 0.6 is 0 Å². The number of carbonyl (C=O) groups is 2. The van der Waals surface area contributed by atoms with Crippen LogP contribution in [0.15, 0.2) is 48.0 Å². The van der Waals surface area contributed by atoms with Gasteiger partial charge in [0.15, 0.2) is 11.5 Å². The minimum atomic E-state index is -0.702. The fraction of sp³-hybridized carbons (Fsp3) is 0.407. The maximum absolute atomic E-state index is 13.3. The van der Waals surface area contributed by atoms with Crippen molar-refractivity contribution in [2.75, 3.05) is 14.2 Å². The normalized spacial score (nSPS) is 20.3. The fourth-order valence-corrected chi connectivity index (χ4v) is 4.91. The molecule has 2 fully saturated rings. The number of benzene rings is 2. The largest absolute Gasteiger partial charge is 0.507 e. The highest BCUT2D eigenvalue weighted by molar-refractivity contribution is 6.46. The van der Waals surface area contributed by atoms with Gasteiger partial charge in [0.05, 0.1) is 31.9 Å². The first-order chi connectivity index (χ1) is 16.3. The van der Waals surface area contributed by atoms with Crippen LogP contribution in [0, 0.1) is 0 Å². The number of aliphatic hydroxyl groups is 1. The molecule has 1 saturated carbocycles. The number of Topliss-reactive ketones (excluding diaryl/α,β-unsaturated/α-hetero) is 1. The van der Waals surface area contributed by atoms with Crippen molar-refractivity contribution in [2.24, 2.45) is 0 Å². The molecule has 0 spiro atoms. The summed E-state index contributed by atoms with van der Waals surface area (Å²) >= 11 is 0. The molecule has 0 aromatic heterocycles. The minimum Gasteiger partial charge on any atom is -0.507 e. The van der Waals surface area contributed by atoms with Crippen molar-refractivity contribution in [3.8, 4) is 17.2 Å². The van der Waals surface area contributed by atoms with E-state index in [0.717, 1.165) is 31.2 Å².